The van der Waals surface area contributed by atoms with Crippen LogP contribution in [0.25, 0.3) is 11.2 Å². The predicted octanol–water partition coefficient (Wildman–Crippen LogP) is 1.39. The molecule has 0 saturated carbocycles. The number of fused-ring (bicyclic) bond motifs is 1. The minimum absolute atomic E-state index is 0.113. The van der Waals surface area contributed by atoms with E-state index < -0.39 is 0 Å². The Morgan fingerprint density at radius 2 is 2.12 bits per heavy atom. The van der Waals surface area contributed by atoms with Crippen molar-refractivity contribution < 1.29 is 14.2 Å². The zero-order valence-electron chi connectivity index (χ0n) is 14.0. The van der Waals surface area contributed by atoms with Gasteiger partial charge in [-0.05, 0) is 18.6 Å². The van der Waals surface area contributed by atoms with Gasteiger partial charge in [-0.15, -0.1) is 11.8 Å². The Hall–Kier alpha value is -2.29. The number of urea groups is 1. The third-order valence-corrected chi connectivity index (χ3v) is 5.67. The summed E-state index contributed by atoms with van der Waals surface area (Å²) in [4.78, 5) is 39.1. The third-order valence-electron chi connectivity index (χ3n) is 4.60. The number of amides is 3. The minimum Gasteiger partial charge on any atom is -0.315 e. The molecule has 0 aliphatic carbocycles. The third kappa shape index (κ3) is 2.92. The number of carbonyl (C=O) groups excluding carboxylic acids is 2. The minimum atomic E-state index is -0.247. The summed E-state index contributed by atoms with van der Waals surface area (Å²) < 4.78 is 3.66. The monoisotopic (exact) mass is 359 g/mol. The molecule has 2 aromatic rings. The number of carbonyl (C=O) groups is 2. The van der Waals surface area contributed by atoms with Gasteiger partial charge in [-0.1, -0.05) is 0 Å². The number of imide groups is 1. The number of hydrogen-bond donors (Lipinski definition) is 0. The zero-order valence-corrected chi connectivity index (χ0v) is 14.8. The maximum atomic E-state index is 12.3. The van der Waals surface area contributed by atoms with Crippen molar-refractivity contribution in [3.63, 3.8) is 0 Å². The number of aromatic nitrogens is 4. The molecule has 0 spiro atoms. The van der Waals surface area contributed by atoms with Gasteiger partial charge >= 0.3 is 11.9 Å². The van der Waals surface area contributed by atoms with Crippen molar-refractivity contribution in [1.82, 2.24) is 24.4 Å². The highest BCUT2D eigenvalue weighted by Gasteiger charge is 2.39. The van der Waals surface area contributed by atoms with E-state index in [2.05, 4.69) is 15.0 Å². The van der Waals surface area contributed by atoms with Crippen LogP contribution >= 0.6 is 11.8 Å². The van der Waals surface area contributed by atoms with E-state index >= 15 is 0 Å². The Bertz CT molecular complexity index is 877. The Morgan fingerprint density at radius 1 is 1.24 bits per heavy atom. The molecular weight excluding hydrogens is 340 g/mol. The highest BCUT2D eigenvalue weighted by atomic mass is 32.2. The normalized spacial score (nSPS) is 22.2. The van der Waals surface area contributed by atoms with Crippen LogP contribution in [0.15, 0.2) is 17.7 Å². The second kappa shape index (κ2) is 6.55. The van der Waals surface area contributed by atoms with E-state index in [1.165, 1.54) is 4.90 Å². The first kappa shape index (κ1) is 16.2. The van der Waals surface area contributed by atoms with Gasteiger partial charge in [0.25, 0.3) is 0 Å². The SMILES string of the molecule is CN1C(=O)C2C=[N+](CCCn3cnc4c(ncnc43)SCCC2)C1=O. The lowest BCUT2D eigenvalue weighted by molar-refractivity contribution is -0.436. The van der Waals surface area contributed by atoms with Gasteiger partial charge in [0.2, 0.25) is 0 Å². The molecule has 4 heterocycles. The Morgan fingerprint density at radius 3 is 3.00 bits per heavy atom. The summed E-state index contributed by atoms with van der Waals surface area (Å²) in [6.07, 6.45) is 7.50. The maximum absolute atomic E-state index is 12.3. The van der Waals surface area contributed by atoms with Crippen LogP contribution in [0, 0.1) is 5.92 Å². The van der Waals surface area contributed by atoms with Crippen molar-refractivity contribution in [3.05, 3.63) is 12.7 Å². The first-order chi connectivity index (χ1) is 12.1. The van der Waals surface area contributed by atoms with Crippen LogP contribution in [-0.2, 0) is 11.3 Å². The first-order valence-corrected chi connectivity index (χ1v) is 9.35. The first-order valence-electron chi connectivity index (χ1n) is 8.37. The average molecular weight is 359 g/mol. The number of nitrogens with zero attached hydrogens (tertiary/aromatic N) is 6. The number of aryl methyl sites for hydroxylation is 1. The number of thioether (sulfide) groups is 1. The van der Waals surface area contributed by atoms with Crippen molar-refractivity contribution in [2.24, 2.45) is 5.92 Å². The van der Waals surface area contributed by atoms with Gasteiger partial charge in [-0.25, -0.2) is 24.3 Å². The second-order valence-electron chi connectivity index (χ2n) is 6.26. The van der Waals surface area contributed by atoms with Crippen LogP contribution < -0.4 is 0 Å². The van der Waals surface area contributed by atoms with Crippen molar-refractivity contribution in [2.45, 2.75) is 30.8 Å². The van der Waals surface area contributed by atoms with E-state index in [1.807, 2.05) is 4.57 Å². The molecule has 2 aliphatic rings. The molecule has 6 bridgehead atoms. The molecule has 0 fully saturated rings. The smallest absolute Gasteiger partial charge is 0.315 e. The highest BCUT2D eigenvalue weighted by molar-refractivity contribution is 7.99. The van der Waals surface area contributed by atoms with Crippen molar-refractivity contribution >= 4 is 41.1 Å². The van der Waals surface area contributed by atoms with Crippen LogP contribution in [0.4, 0.5) is 4.79 Å². The largest absolute Gasteiger partial charge is 0.500 e. The van der Waals surface area contributed by atoms with E-state index in [1.54, 1.807) is 42.3 Å². The molecule has 4 rings (SSSR count). The van der Waals surface area contributed by atoms with E-state index in [9.17, 15) is 9.59 Å². The molecule has 2 aromatic heterocycles. The molecule has 9 heteroatoms. The topological polar surface area (TPSA) is 84.0 Å². The fourth-order valence-corrected chi connectivity index (χ4v) is 4.17. The Balaban J connectivity index is 1.66. The standard InChI is InChI=1S/C16H19N6O2S/c1-20-15(23)11-4-2-7-25-14-12-13(17-9-18-14)22(10-19-12)6-3-5-21(8-11)16(20)24/h8-11H,2-7H2,1H3/q+1. The summed E-state index contributed by atoms with van der Waals surface area (Å²) >= 11 is 1.64. The molecule has 3 amide bonds. The molecule has 8 nitrogen and oxygen atoms in total. The van der Waals surface area contributed by atoms with Crippen molar-refractivity contribution in [1.29, 1.82) is 0 Å². The van der Waals surface area contributed by atoms with Gasteiger partial charge in [0, 0.05) is 13.0 Å². The average Bonchev–Trinajstić information content (AvgIpc) is 3.03. The van der Waals surface area contributed by atoms with Gasteiger partial charge in [-0.2, -0.15) is 9.69 Å². The lowest BCUT2D eigenvalue weighted by Gasteiger charge is -2.21. The molecule has 25 heavy (non-hydrogen) atoms. The Labute approximate surface area is 149 Å². The number of rotatable bonds is 0. The molecule has 0 radical (unpaired) electrons. The molecule has 0 saturated heterocycles. The van der Waals surface area contributed by atoms with Crippen LogP contribution in [0.1, 0.15) is 19.3 Å². The van der Waals surface area contributed by atoms with Crippen LogP contribution in [0.5, 0.6) is 0 Å². The lowest BCUT2D eigenvalue weighted by atomic mass is 10.0. The predicted molar refractivity (Wildman–Crippen MR) is 92.7 cm³/mol. The quantitative estimate of drug-likeness (QED) is 0.522. The molecule has 0 N–H and O–H groups in total. The van der Waals surface area contributed by atoms with Crippen molar-refractivity contribution in [3.8, 4) is 0 Å². The number of imidazole rings is 1. The lowest BCUT2D eigenvalue weighted by Crippen LogP contribution is -2.49. The fourth-order valence-electron chi connectivity index (χ4n) is 3.26. The van der Waals surface area contributed by atoms with Gasteiger partial charge in [0.15, 0.2) is 5.65 Å². The summed E-state index contributed by atoms with van der Waals surface area (Å²) in [5.74, 6) is 0.496. The van der Waals surface area contributed by atoms with E-state index in [0.29, 0.717) is 13.1 Å². The van der Waals surface area contributed by atoms with E-state index in [-0.39, 0.29) is 17.9 Å². The second-order valence-corrected chi connectivity index (χ2v) is 7.35. The van der Waals surface area contributed by atoms with Crippen LogP contribution in [-0.4, -0.2) is 66.5 Å². The van der Waals surface area contributed by atoms with Gasteiger partial charge in [0.1, 0.15) is 22.8 Å². The van der Waals surface area contributed by atoms with Gasteiger partial charge in [-0.3, -0.25) is 0 Å². The summed E-state index contributed by atoms with van der Waals surface area (Å²) in [6.45, 7) is 1.27. The van der Waals surface area contributed by atoms with E-state index in [0.717, 1.165) is 41.2 Å². The number of hydrogen-bond acceptors (Lipinski definition) is 6. The molecule has 1 unspecified atom stereocenters. The van der Waals surface area contributed by atoms with Gasteiger partial charge < -0.3 is 4.57 Å². The summed E-state index contributed by atoms with van der Waals surface area (Å²) in [7, 11) is 1.56. The Kier molecular flexibility index (Phi) is 4.24. The molecule has 1 atom stereocenters. The fraction of sp³-hybridized carbons (Fsp3) is 0.500. The van der Waals surface area contributed by atoms with Gasteiger partial charge in [0.05, 0.1) is 26.1 Å². The molecular formula is C16H19N6O2S+. The van der Waals surface area contributed by atoms with Crippen LogP contribution in [0.2, 0.25) is 0 Å². The van der Waals surface area contributed by atoms with Crippen molar-refractivity contribution in [2.75, 3.05) is 19.3 Å². The van der Waals surface area contributed by atoms with E-state index in [4.69, 9.17) is 0 Å². The maximum Gasteiger partial charge on any atom is 0.500 e. The molecule has 2 aliphatic heterocycles. The van der Waals surface area contributed by atoms with Crippen LogP contribution in [0.3, 0.4) is 0 Å². The summed E-state index contributed by atoms with van der Waals surface area (Å²) in [5, 5.41) is 0.883. The zero-order chi connectivity index (χ0) is 17.4. The molecule has 130 valence electrons. The highest BCUT2D eigenvalue weighted by Crippen LogP contribution is 2.25. The molecule has 0 aromatic carbocycles. The summed E-state index contributed by atoms with van der Waals surface area (Å²) in [6, 6.07) is -0.247. The summed E-state index contributed by atoms with van der Waals surface area (Å²) in [5.41, 5.74) is 1.65.